The Morgan fingerprint density at radius 3 is 1.41 bits per heavy atom. The van der Waals surface area contributed by atoms with E-state index in [4.69, 9.17) is 69.6 Å². The Labute approximate surface area is 252 Å². The highest BCUT2D eigenvalue weighted by Gasteiger charge is 2.83. The lowest BCUT2D eigenvalue weighted by atomic mass is 9.65. The van der Waals surface area contributed by atoms with Crippen molar-refractivity contribution in [3.8, 4) is 0 Å². The molecule has 3 aliphatic carbocycles. The molecule has 2 aliphatic heterocycles. The summed E-state index contributed by atoms with van der Waals surface area (Å²) in [6.07, 6.45) is 0.423. The number of fused-ring (bicyclic) bond motifs is 7. The number of hydrogen-bond acceptors (Lipinski definition) is 4. The van der Waals surface area contributed by atoms with Gasteiger partial charge in [-0.3, -0.25) is 24.1 Å². The van der Waals surface area contributed by atoms with Gasteiger partial charge in [-0.15, -0.1) is 23.2 Å². The second-order valence-corrected chi connectivity index (χ2v) is 13.8. The van der Waals surface area contributed by atoms with Crippen molar-refractivity contribution < 1.29 is 19.2 Å². The molecule has 39 heavy (non-hydrogen) atoms. The Balaban J connectivity index is 1.18. The molecule has 200 valence electrons. The van der Waals surface area contributed by atoms with Crippen molar-refractivity contribution in [3.63, 3.8) is 0 Å². The van der Waals surface area contributed by atoms with Crippen LogP contribution in [0.15, 0.2) is 58.6 Å². The van der Waals surface area contributed by atoms with Crippen LogP contribution in [0.25, 0.3) is 0 Å². The normalized spacial score (nSPS) is 36.2. The van der Waals surface area contributed by atoms with Crippen molar-refractivity contribution in [2.45, 2.75) is 26.9 Å². The number of halogens is 6. The summed E-state index contributed by atoms with van der Waals surface area (Å²) >= 11 is 40.3. The van der Waals surface area contributed by atoms with Crippen molar-refractivity contribution in [1.29, 1.82) is 0 Å². The fourth-order valence-electron chi connectivity index (χ4n) is 7.15. The highest BCUT2D eigenvalue weighted by Crippen LogP contribution is 2.79. The predicted molar refractivity (Wildman–Crippen MR) is 150 cm³/mol. The molecule has 0 radical (unpaired) electrons. The highest BCUT2D eigenvalue weighted by atomic mass is 35.5. The van der Waals surface area contributed by atoms with E-state index in [0.717, 1.165) is 9.80 Å². The van der Waals surface area contributed by atoms with Gasteiger partial charge in [0.05, 0.1) is 44.4 Å². The summed E-state index contributed by atoms with van der Waals surface area (Å²) in [4.78, 5) is 52.1. The fraction of sp³-hybridized carbons (Fsp3) is 0.333. The van der Waals surface area contributed by atoms with Crippen LogP contribution in [0.5, 0.6) is 0 Å². The van der Waals surface area contributed by atoms with Crippen molar-refractivity contribution in [2.24, 2.45) is 23.7 Å². The van der Waals surface area contributed by atoms with Crippen molar-refractivity contribution in [2.75, 3.05) is 9.80 Å². The van der Waals surface area contributed by atoms with Crippen LogP contribution in [0.1, 0.15) is 33.6 Å². The van der Waals surface area contributed by atoms with Crippen LogP contribution in [0, 0.1) is 23.7 Å². The lowest BCUT2D eigenvalue weighted by Gasteiger charge is -2.42. The molecule has 2 bridgehead atoms. The van der Waals surface area contributed by atoms with Crippen LogP contribution in [0.3, 0.4) is 0 Å². The van der Waals surface area contributed by atoms with E-state index in [1.807, 2.05) is 0 Å². The average molecular weight is 645 g/mol. The van der Waals surface area contributed by atoms with Gasteiger partial charge in [-0.2, -0.15) is 0 Å². The first-order valence-corrected chi connectivity index (χ1v) is 14.4. The lowest BCUT2D eigenvalue weighted by Crippen LogP contribution is -2.44. The van der Waals surface area contributed by atoms with Gasteiger partial charge < -0.3 is 0 Å². The molecule has 7 rings (SSSR count). The van der Waals surface area contributed by atoms with Gasteiger partial charge in [0.25, 0.3) is 11.8 Å². The van der Waals surface area contributed by atoms with E-state index in [0.29, 0.717) is 22.5 Å². The summed E-state index contributed by atoms with van der Waals surface area (Å²) in [6.45, 7) is 0. The van der Waals surface area contributed by atoms with E-state index < -0.39 is 49.6 Å². The van der Waals surface area contributed by atoms with Gasteiger partial charge in [0, 0.05) is 0 Å². The maximum atomic E-state index is 13.6. The zero-order chi connectivity index (χ0) is 27.8. The molecule has 6 atom stereocenters. The molecule has 2 saturated carbocycles. The third kappa shape index (κ3) is 2.88. The minimum atomic E-state index is -1.73. The van der Waals surface area contributed by atoms with Crippen LogP contribution in [-0.4, -0.2) is 37.7 Å². The number of allylic oxidation sites excluding steroid dienone is 2. The summed E-state index contributed by atoms with van der Waals surface area (Å²) < 4.78 is -1.73. The van der Waals surface area contributed by atoms with Crippen LogP contribution < -0.4 is 9.80 Å². The third-order valence-corrected chi connectivity index (χ3v) is 13.3. The summed E-state index contributed by atoms with van der Waals surface area (Å²) in [5, 5.41) is 0.144. The Bertz CT molecular complexity index is 1490. The standard InChI is InChI=1S/C27H16Cl6N2O4/c28-19-20(29)26(31)18-10-16-15(9-17(18)25(19,30)27(26,32)33)23(38)35(24(16)39)12-7-5-11(6-8-12)34-21(36)13-3-1-2-4-14(13)22(34)37/h1-8,15-18H,9-10H2/t15-,16+,17-,18-,25+,26+/m1/s1. The van der Waals surface area contributed by atoms with Crippen LogP contribution in [0.2, 0.25) is 0 Å². The Kier molecular flexibility index (Phi) is 5.46. The molecule has 0 unspecified atom stereocenters. The Morgan fingerprint density at radius 2 is 1.00 bits per heavy atom. The van der Waals surface area contributed by atoms with Crippen molar-refractivity contribution in [3.05, 3.63) is 69.7 Å². The number of alkyl halides is 4. The first-order chi connectivity index (χ1) is 18.4. The number of benzene rings is 2. The lowest BCUT2D eigenvalue weighted by molar-refractivity contribution is -0.122. The van der Waals surface area contributed by atoms with Crippen LogP contribution in [-0.2, 0) is 9.59 Å². The van der Waals surface area contributed by atoms with Gasteiger partial charge in [-0.25, -0.2) is 4.90 Å². The number of carbonyl (C=O) groups is 4. The topological polar surface area (TPSA) is 74.8 Å². The van der Waals surface area contributed by atoms with E-state index in [1.54, 1.807) is 36.4 Å². The largest absolute Gasteiger partial charge is 0.274 e. The molecule has 2 aromatic rings. The van der Waals surface area contributed by atoms with E-state index in [-0.39, 0.29) is 34.7 Å². The summed E-state index contributed by atoms with van der Waals surface area (Å²) in [5.41, 5.74) is 1.30. The van der Waals surface area contributed by atoms with E-state index in [2.05, 4.69) is 0 Å². The molecule has 6 nitrogen and oxygen atoms in total. The quantitative estimate of drug-likeness (QED) is 0.278. The first kappa shape index (κ1) is 26.1. The second-order valence-electron chi connectivity index (χ2n) is 10.5. The maximum Gasteiger partial charge on any atom is 0.266 e. The smallest absolute Gasteiger partial charge is 0.266 e. The molecule has 4 amide bonds. The molecular formula is C27H16Cl6N2O4. The number of carbonyl (C=O) groups excluding carboxylic acids is 4. The molecular weight excluding hydrogens is 629 g/mol. The van der Waals surface area contributed by atoms with Crippen molar-refractivity contribution >= 4 is 105 Å². The van der Waals surface area contributed by atoms with Gasteiger partial charge in [0.15, 0.2) is 4.33 Å². The van der Waals surface area contributed by atoms with Gasteiger partial charge in [-0.1, -0.05) is 58.5 Å². The number of anilines is 2. The highest BCUT2D eigenvalue weighted by molar-refractivity contribution is 6.65. The number of hydrogen-bond donors (Lipinski definition) is 0. The van der Waals surface area contributed by atoms with Gasteiger partial charge in [0.2, 0.25) is 11.8 Å². The molecule has 2 heterocycles. The van der Waals surface area contributed by atoms with E-state index in [1.165, 1.54) is 12.1 Å². The zero-order valence-corrected chi connectivity index (χ0v) is 24.2. The SMILES string of the molecule is O=C1c2ccccc2C(=O)N1c1ccc(N2C(=O)[C@H]3C[C@@H]4[C@@H](C[C@H]3C2=O)[C@]2(Cl)C(Cl)=C(Cl)[C@]4(Cl)C2(Cl)Cl)cc1. The summed E-state index contributed by atoms with van der Waals surface area (Å²) in [5.74, 6) is -3.93. The van der Waals surface area contributed by atoms with Gasteiger partial charge >= 0.3 is 0 Å². The Morgan fingerprint density at radius 1 is 0.615 bits per heavy atom. The molecule has 1 saturated heterocycles. The minimum absolute atomic E-state index is 0.0721. The molecule has 0 N–H and O–H groups in total. The second kappa shape index (κ2) is 8.15. The summed E-state index contributed by atoms with van der Waals surface area (Å²) in [6, 6.07) is 12.7. The molecule has 0 aromatic heterocycles. The van der Waals surface area contributed by atoms with Crippen molar-refractivity contribution in [1.82, 2.24) is 0 Å². The van der Waals surface area contributed by atoms with E-state index >= 15 is 0 Å². The number of nitrogens with zero attached hydrogens (tertiary/aromatic N) is 2. The van der Waals surface area contributed by atoms with Crippen LogP contribution in [0.4, 0.5) is 11.4 Å². The number of rotatable bonds is 2. The predicted octanol–water partition coefficient (Wildman–Crippen LogP) is 6.46. The van der Waals surface area contributed by atoms with Crippen LogP contribution >= 0.6 is 69.6 Å². The summed E-state index contributed by atoms with van der Waals surface area (Å²) in [7, 11) is 0. The molecule has 2 aromatic carbocycles. The van der Waals surface area contributed by atoms with E-state index in [9.17, 15) is 19.2 Å². The van der Waals surface area contributed by atoms with Gasteiger partial charge in [-0.05, 0) is 61.1 Å². The zero-order valence-electron chi connectivity index (χ0n) is 19.6. The number of amides is 4. The van der Waals surface area contributed by atoms with Gasteiger partial charge in [0.1, 0.15) is 9.75 Å². The number of imide groups is 2. The molecule has 5 aliphatic rings. The third-order valence-electron chi connectivity index (χ3n) is 8.99. The maximum absolute atomic E-state index is 13.6. The monoisotopic (exact) mass is 642 g/mol. The fourth-order valence-corrected chi connectivity index (χ4v) is 10.3. The Hall–Kier alpha value is -1.80. The molecule has 3 fully saturated rings. The average Bonchev–Trinajstić information content (AvgIpc) is 3.41. The minimum Gasteiger partial charge on any atom is -0.274 e. The first-order valence-electron chi connectivity index (χ1n) is 12.1. The molecule has 12 heteroatoms. The molecule has 0 spiro atoms.